The SMILES string of the molecule is CCCC(C)(C)C(C)(C)C(C)CCC(C)C. The van der Waals surface area contributed by atoms with Crippen LogP contribution in [0.1, 0.15) is 81.1 Å². The van der Waals surface area contributed by atoms with Crippen LogP contribution in [-0.4, -0.2) is 0 Å². The van der Waals surface area contributed by atoms with E-state index in [9.17, 15) is 0 Å². The number of rotatable bonds is 7. The van der Waals surface area contributed by atoms with Crippen LogP contribution in [0.4, 0.5) is 0 Å². The van der Waals surface area contributed by atoms with Crippen LogP contribution in [0.25, 0.3) is 0 Å². The zero-order chi connectivity index (χ0) is 13.0. The third-order valence-corrected chi connectivity index (χ3v) is 5.03. The highest BCUT2D eigenvalue weighted by Gasteiger charge is 2.39. The predicted molar refractivity (Wildman–Crippen MR) is 75.7 cm³/mol. The van der Waals surface area contributed by atoms with Gasteiger partial charge in [-0.25, -0.2) is 0 Å². The zero-order valence-electron chi connectivity index (χ0n) is 13.0. The van der Waals surface area contributed by atoms with Crippen molar-refractivity contribution in [2.24, 2.45) is 22.7 Å². The molecule has 0 aromatic heterocycles. The van der Waals surface area contributed by atoms with Crippen molar-refractivity contribution >= 4 is 0 Å². The molecular formula is C16H34. The topological polar surface area (TPSA) is 0 Å². The minimum absolute atomic E-state index is 0.442. The van der Waals surface area contributed by atoms with Gasteiger partial charge in [-0.15, -0.1) is 0 Å². The van der Waals surface area contributed by atoms with E-state index in [1.807, 2.05) is 0 Å². The van der Waals surface area contributed by atoms with Gasteiger partial charge in [-0.05, 0) is 35.5 Å². The fraction of sp³-hybridized carbons (Fsp3) is 1.00. The van der Waals surface area contributed by atoms with Crippen LogP contribution in [-0.2, 0) is 0 Å². The van der Waals surface area contributed by atoms with Crippen molar-refractivity contribution in [3.05, 3.63) is 0 Å². The van der Waals surface area contributed by atoms with Gasteiger partial charge in [-0.2, -0.15) is 0 Å². The van der Waals surface area contributed by atoms with Crippen LogP contribution in [0.15, 0.2) is 0 Å². The van der Waals surface area contributed by atoms with Gasteiger partial charge in [0.1, 0.15) is 0 Å². The highest BCUT2D eigenvalue weighted by atomic mass is 14.4. The summed E-state index contributed by atoms with van der Waals surface area (Å²) >= 11 is 0. The van der Waals surface area contributed by atoms with E-state index in [2.05, 4.69) is 55.4 Å². The smallest absolute Gasteiger partial charge is 0.0277 e. The van der Waals surface area contributed by atoms with Crippen molar-refractivity contribution in [1.82, 2.24) is 0 Å². The summed E-state index contributed by atoms with van der Waals surface area (Å²) in [4.78, 5) is 0. The molecule has 0 amide bonds. The molecule has 0 aromatic carbocycles. The van der Waals surface area contributed by atoms with Crippen molar-refractivity contribution in [2.75, 3.05) is 0 Å². The first-order chi connectivity index (χ1) is 7.15. The third-order valence-electron chi connectivity index (χ3n) is 5.03. The molecule has 0 heteroatoms. The average molecular weight is 226 g/mol. The predicted octanol–water partition coefficient (Wildman–Crippen LogP) is 5.91. The largest absolute Gasteiger partial charge is 0.0654 e. The molecule has 0 rings (SSSR count). The Morgan fingerprint density at radius 3 is 1.75 bits per heavy atom. The summed E-state index contributed by atoms with van der Waals surface area (Å²) in [5, 5.41) is 0. The first-order valence-electron chi connectivity index (χ1n) is 7.15. The standard InChI is InChI=1S/C16H34/c1-9-12-15(5,6)16(7,8)14(4)11-10-13(2)3/h13-14H,9-12H2,1-8H3. The Balaban J connectivity index is 4.50. The Bertz CT molecular complexity index is 186. The van der Waals surface area contributed by atoms with Crippen LogP contribution >= 0.6 is 0 Å². The molecule has 0 aromatic rings. The Labute approximate surface area is 104 Å². The van der Waals surface area contributed by atoms with Crippen LogP contribution in [0.3, 0.4) is 0 Å². The summed E-state index contributed by atoms with van der Waals surface area (Å²) in [6, 6.07) is 0. The van der Waals surface area contributed by atoms with E-state index in [-0.39, 0.29) is 0 Å². The van der Waals surface area contributed by atoms with Gasteiger partial charge in [0.15, 0.2) is 0 Å². The van der Waals surface area contributed by atoms with E-state index in [0.29, 0.717) is 10.8 Å². The number of hydrogen-bond acceptors (Lipinski definition) is 0. The van der Waals surface area contributed by atoms with E-state index in [0.717, 1.165) is 11.8 Å². The van der Waals surface area contributed by atoms with Crippen molar-refractivity contribution < 1.29 is 0 Å². The normalized spacial score (nSPS) is 15.6. The van der Waals surface area contributed by atoms with E-state index in [4.69, 9.17) is 0 Å². The summed E-state index contributed by atoms with van der Waals surface area (Å²) in [7, 11) is 0. The second-order valence-electron chi connectivity index (χ2n) is 7.23. The van der Waals surface area contributed by atoms with Gasteiger partial charge < -0.3 is 0 Å². The molecule has 0 bridgehead atoms. The van der Waals surface area contributed by atoms with Gasteiger partial charge >= 0.3 is 0 Å². The highest BCUT2D eigenvalue weighted by molar-refractivity contribution is 4.89. The fourth-order valence-electron chi connectivity index (χ4n) is 2.56. The Morgan fingerprint density at radius 2 is 1.38 bits per heavy atom. The van der Waals surface area contributed by atoms with Gasteiger partial charge in [0.2, 0.25) is 0 Å². The van der Waals surface area contributed by atoms with Gasteiger partial charge in [0, 0.05) is 0 Å². The van der Waals surface area contributed by atoms with Gasteiger partial charge in [-0.3, -0.25) is 0 Å². The van der Waals surface area contributed by atoms with E-state index >= 15 is 0 Å². The van der Waals surface area contributed by atoms with Gasteiger partial charge in [0.05, 0.1) is 0 Å². The van der Waals surface area contributed by atoms with Crippen LogP contribution in [0, 0.1) is 22.7 Å². The molecule has 1 unspecified atom stereocenters. The second-order valence-corrected chi connectivity index (χ2v) is 7.23. The van der Waals surface area contributed by atoms with Crippen molar-refractivity contribution in [1.29, 1.82) is 0 Å². The molecule has 1 atom stereocenters. The zero-order valence-corrected chi connectivity index (χ0v) is 13.0. The first-order valence-corrected chi connectivity index (χ1v) is 7.15. The Hall–Kier alpha value is 0. The fourth-order valence-corrected chi connectivity index (χ4v) is 2.56. The van der Waals surface area contributed by atoms with Gasteiger partial charge in [0.25, 0.3) is 0 Å². The Kier molecular flexibility index (Phi) is 6.07. The maximum Gasteiger partial charge on any atom is -0.0277 e. The van der Waals surface area contributed by atoms with Crippen LogP contribution in [0.5, 0.6) is 0 Å². The lowest BCUT2D eigenvalue weighted by atomic mass is 9.59. The lowest BCUT2D eigenvalue weighted by molar-refractivity contribution is 0.0323. The molecule has 16 heavy (non-hydrogen) atoms. The maximum absolute atomic E-state index is 2.47. The first kappa shape index (κ1) is 16.0. The minimum Gasteiger partial charge on any atom is -0.0654 e. The molecule has 0 N–H and O–H groups in total. The van der Waals surface area contributed by atoms with Crippen molar-refractivity contribution in [3.8, 4) is 0 Å². The molecule has 0 aliphatic heterocycles. The molecule has 0 nitrogen and oxygen atoms in total. The molecule has 0 aliphatic rings. The summed E-state index contributed by atoms with van der Waals surface area (Å²) in [6.45, 7) is 19.2. The summed E-state index contributed by atoms with van der Waals surface area (Å²) < 4.78 is 0. The van der Waals surface area contributed by atoms with Crippen LogP contribution < -0.4 is 0 Å². The summed E-state index contributed by atoms with van der Waals surface area (Å²) in [5.41, 5.74) is 0.899. The second kappa shape index (κ2) is 6.07. The molecule has 0 saturated heterocycles. The van der Waals surface area contributed by atoms with E-state index in [1.54, 1.807) is 0 Å². The van der Waals surface area contributed by atoms with Gasteiger partial charge in [-0.1, -0.05) is 68.2 Å². The molecule has 0 heterocycles. The monoisotopic (exact) mass is 226 g/mol. The molecule has 0 saturated carbocycles. The van der Waals surface area contributed by atoms with Crippen LogP contribution in [0.2, 0.25) is 0 Å². The lowest BCUT2D eigenvalue weighted by Crippen LogP contribution is -2.38. The molecule has 0 radical (unpaired) electrons. The molecule has 0 fully saturated rings. The van der Waals surface area contributed by atoms with Crippen molar-refractivity contribution in [3.63, 3.8) is 0 Å². The number of hydrogen-bond donors (Lipinski definition) is 0. The Morgan fingerprint density at radius 1 is 0.875 bits per heavy atom. The summed E-state index contributed by atoms with van der Waals surface area (Å²) in [5.74, 6) is 1.66. The molecule has 0 aliphatic carbocycles. The van der Waals surface area contributed by atoms with Crippen molar-refractivity contribution in [2.45, 2.75) is 81.1 Å². The third kappa shape index (κ3) is 4.11. The quantitative estimate of drug-likeness (QED) is 0.506. The molecular weight excluding hydrogens is 192 g/mol. The lowest BCUT2D eigenvalue weighted by Gasteiger charge is -2.46. The van der Waals surface area contributed by atoms with E-state index < -0.39 is 0 Å². The minimum atomic E-state index is 0.442. The highest BCUT2D eigenvalue weighted by Crippen LogP contribution is 2.48. The van der Waals surface area contributed by atoms with E-state index in [1.165, 1.54) is 25.7 Å². The molecule has 98 valence electrons. The average Bonchev–Trinajstić information content (AvgIpc) is 2.13. The molecule has 0 spiro atoms. The summed E-state index contributed by atoms with van der Waals surface area (Å²) in [6.07, 6.45) is 5.38. The maximum atomic E-state index is 2.47.